The second-order valence-electron chi connectivity index (χ2n) is 4.77. The van der Waals surface area contributed by atoms with Crippen LogP contribution in [-0.2, 0) is 4.79 Å². The third-order valence-electron chi connectivity index (χ3n) is 3.44. The van der Waals surface area contributed by atoms with Gasteiger partial charge in [0.15, 0.2) is 5.17 Å². The molecule has 1 amide bonds. The standard InChI is InChI=1S/C15H16ClN3OS2/c1-3-19-13(20)12(22-15(19)17-9-8-16)14-18(2)10-6-4-5-7-11(10)21-14/h4-7H,3,8-9H2,1-2H3/b14-12-,17-15?. The zero-order valence-electron chi connectivity index (χ0n) is 12.4. The van der Waals surface area contributed by atoms with Gasteiger partial charge in [-0.15, -0.1) is 11.6 Å². The van der Waals surface area contributed by atoms with Gasteiger partial charge in [-0.25, -0.2) is 0 Å². The second-order valence-corrected chi connectivity index (χ2v) is 7.15. The lowest BCUT2D eigenvalue weighted by atomic mass is 10.3. The van der Waals surface area contributed by atoms with Gasteiger partial charge in [0.2, 0.25) is 0 Å². The summed E-state index contributed by atoms with van der Waals surface area (Å²) in [5, 5.41) is 1.73. The molecule has 116 valence electrons. The maximum Gasteiger partial charge on any atom is 0.269 e. The minimum atomic E-state index is 0.0305. The zero-order valence-corrected chi connectivity index (χ0v) is 14.8. The minimum Gasteiger partial charge on any atom is -0.337 e. The maximum absolute atomic E-state index is 12.7. The monoisotopic (exact) mass is 353 g/mol. The number of carbonyl (C=O) groups is 1. The number of hydrogen-bond acceptors (Lipinski definition) is 5. The van der Waals surface area contributed by atoms with Gasteiger partial charge in [0, 0.05) is 24.4 Å². The van der Waals surface area contributed by atoms with Crippen LogP contribution in [0.1, 0.15) is 6.92 Å². The minimum absolute atomic E-state index is 0.0305. The number of amidine groups is 1. The molecular weight excluding hydrogens is 338 g/mol. The van der Waals surface area contributed by atoms with Crippen molar-refractivity contribution >= 4 is 51.9 Å². The number of aliphatic imine (C=N–C) groups is 1. The SMILES string of the molecule is CCN1C(=O)/C(=C2/Sc3ccccc3N2C)SC1=NCCCl. The van der Waals surface area contributed by atoms with Crippen molar-refractivity contribution in [2.24, 2.45) is 4.99 Å². The molecule has 22 heavy (non-hydrogen) atoms. The van der Waals surface area contributed by atoms with Crippen molar-refractivity contribution in [2.45, 2.75) is 11.8 Å². The predicted molar refractivity (Wildman–Crippen MR) is 95.7 cm³/mol. The molecule has 1 aromatic rings. The molecular formula is C15H16ClN3OS2. The quantitative estimate of drug-likeness (QED) is 0.614. The fourth-order valence-corrected chi connectivity index (χ4v) is 4.87. The maximum atomic E-state index is 12.7. The number of amides is 1. The lowest BCUT2D eigenvalue weighted by Gasteiger charge is -2.15. The molecule has 1 saturated heterocycles. The lowest BCUT2D eigenvalue weighted by Crippen LogP contribution is -2.29. The van der Waals surface area contributed by atoms with Gasteiger partial charge in [-0.3, -0.25) is 14.7 Å². The number of carbonyl (C=O) groups excluding carboxylic acids is 1. The number of rotatable bonds is 3. The van der Waals surface area contributed by atoms with Crippen LogP contribution in [0.2, 0.25) is 0 Å². The highest BCUT2D eigenvalue weighted by Gasteiger charge is 2.38. The smallest absolute Gasteiger partial charge is 0.269 e. The molecule has 2 aliphatic heterocycles. The predicted octanol–water partition coefficient (Wildman–Crippen LogP) is 3.59. The van der Waals surface area contributed by atoms with Gasteiger partial charge >= 0.3 is 0 Å². The summed E-state index contributed by atoms with van der Waals surface area (Å²) < 4.78 is 0. The fourth-order valence-electron chi connectivity index (χ4n) is 2.37. The van der Waals surface area contributed by atoms with E-state index in [1.54, 1.807) is 16.7 Å². The Morgan fingerprint density at radius 3 is 2.73 bits per heavy atom. The Hall–Kier alpha value is -1.11. The third kappa shape index (κ3) is 2.64. The number of para-hydroxylation sites is 1. The summed E-state index contributed by atoms with van der Waals surface area (Å²) in [4.78, 5) is 22.8. The van der Waals surface area contributed by atoms with E-state index >= 15 is 0 Å². The Bertz CT molecular complexity index is 675. The highest BCUT2D eigenvalue weighted by Crippen LogP contribution is 2.49. The highest BCUT2D eigenvalue weighted by atomic mass is 35.5. The van der Waals surface area contributed by atoms with Gasteiger partial charge in [0.25, 0.3) is 5.91 Å². The van der Waals surface area contributed by atoms with E-state index in [2.05, 4.69) is 22.0 Å². The van der Waals surface area contributed by atoms with Crippen LogP contribution in [0.5, 0.6) is 0 Å². The van der Waals surface area contributed by atoms with Crippen molar-refractivity contribution in [3.8, 4) is 0 Å². The molecule has 2 heterocycles. The van der Waals surface area contributed by atoms with E-state index in [-0.39, 0.29) is 5.91 Å². The summed E-state index contributed by atoms with van der Waals surface area (Å²) >= 11 is 8.80. The van der Waals surface area contributed by atoms with Crippen molar-refractivity contribution in [3.63, 3.8) is 0 Å². The molecule has 0 radical (unpaired) electrons. The van der Waals surface area contributed by atoms with E-state index in [1.165, 1.54) is 16.7 Å². The first-order chi connectivity index (χ1) is 10.7. The zero-order chi connectivity index (χ0) is 15.7. The van der Waals surface area contributed by atoms with Crippen LogP contribution in [0, 0.1) is 0 Å². The molecule has 1 fully saturated rings. The first-order valence-electron chi connectivity index (χ1n) is 7.02. The van der Waals surface area contributed by atoms with Crippen molar-refractivity contribution in [3.05, 3.63) is 34.2 Å². The summed E-state index contributed by atoms with van der Waals surface area (Å²) in [5.74, 6) is 0.491. The van der Waals surface area contributed by atoms with Crippen LogP contribution >= 0.6 is 35.1 Å². The number of hydrogen-bond donors (Lipinski definition) is 0. The molecule has 0 spiro atoms. The Morgan fingerprint density at radius 1 is 1.27 bits per heavy atom. The second kappa shape index (κ2) is 6.56. The molecule has 0 aromatic heterocycles. The number of thioether (sulfide) groups is 2. The van der Waals surface area contributed by atoms with Crippen LogP contribution in [0.3, 0.4) is 0 Å². The molecule has 0 N–H and O–H groups in total. The first-order valence-corrected chi connectivity index (χ1v) is 9.19. The van der Waals surface area contributed by atoms with Gasteiger partial charge < -0.3 is 4.90 Å². The molecule has 1 aromatic carbocycles. The van der Waals surface area contributed by atoms with E-state index in [0.717, 1.165) is 20.8 Å². The van der Waals surface area contributed by atoms with Crippen LogP contribution < -0.4 is 4.90 Å². The first kappa shape index (κ1) is 15.8. The highest BCUT2D eigenvalue weighted by molar-refractivity contribution is 8.19. The number of halogens is 1. The number of fused-ring (bicyclic) bond motifs is 1. The number of alkyl halides is 1. The van der Waals surface area contributed by atoms with E-state index in [1.807, 2.05) is 26.1 Å². The topological polar surface area (TPSA) is 35.9 Å². The Labute approximate surface area is 143 Å². The molecule has 0 bridgehead atoms. The molecule has 0 aliphatic carbocycles. The Kier molecular flexibility index (Phi) is 4.70. The molecule has 0 unspecified atom stereocenters. The normalized spacial score (nSPS) is 22.9. The van der Waals surface area contributed by atoms with E-state index in [9.17, 15) is 4.79 Å². The molecule has 4 nitrogen and oxygen atoms in total. The number of anilines is 1. The number of likely N-dealkylation sites (N-methyl/N-ethyl adjacent to an activating group) is 1. The van der Waals surface area contributed by atoms with E-state index in [4.69, 9.17) is 11.6 Å². The molecule has 7 heteroatoms. The van der Waals surface area contributed by atoms with Crippen molar-refractivity contribution in [1.29, 1.82) is 0 Å². The van der Waals surface area contributed by atoms with Gasteiger partial charge in [0.05, 0.1) is 17.3 Å². The Morgan fingerprint density at radius 2 is 2.05 bits per heavy atom. The summed E-state index contributed by atoms with van der Waals surface area (Å²) in [6.07, 6.45) is 0. The van der Waals surface area contributed by atoms with E-state index in [0.29, 0.717) is 19.0 Å². The largest absolute Gasteiger partial charge is 0.337 e. The van der Waals surface area contributed by atoms with Gasteiger partial charge in [-0.2, -0.15) is 0 Å². The lowest BCUT2D eigenvalue weighted by molar-refractivity contribution is -0.122. The summed E-state index contributed by atoms with van der Waals surface area (Å²) in [6.45, 7) is 3.10. The molecule has 3 rings (SSSR count). The van der Waals surface area contributed by atoms with Crippen molar-refractivity contribution in [2.75, 3.05) is 30.9 Å². The van der Waals surface area contributed by atoms with Crippen LogP contribution in [-0.4, -0.2) is 42.0 Å². The van der Waals surface area contributed by atoms with Crippen LogP contribution in [0.15, 0.2) is 44.1 Å². The average molecular weight is 354 g/mol. The third-order valence-corrected chi connectivity index (χ3v) is 6.08. The van der Waals surface area contributed by atoms with Crippen molar-refractivity contribution < 1.29 is 4.79 Å². The average Bonchev–Trinajstić information content (AvgIpc) is 3.03. The van der Waals surface area contributed by atoms with Gasteiger partial charge in [0.1, 0.15) is 4.91 Å². The fraction of sp³-hybridized carbons (Fsp3) is 0.333. The molecule has 0 atom stereocenters. The van der Waals surface area contributed by atoms with Crippen molar-refractivity contribution in [1.82, 2.24) is 4.90 Å². The van der Waals surface area contributed by atoms with E-state index < -0.39 is 0 Å². The number of nitrogens with zero attached hydrogens (tertiary/aromatic N) is 3. The summed E-state index contributed by atoms with van der Waals surface area (Å²) in [5.41, 5.74) is 1.14. The van der Waals surface area contributed by atoms with Gasteiger partial charge in [-0.1, -0.05) is 23.9 Å². The van der Waals surface area contributed by atoms with Gasteiger partial charge in [-0.05, 0) is 30.8 Å². The molecule has 2 aliphatic rings. The Balaban J connectivity index is 1.97. The van der Waals surface area contributed by atoms with Crippen LogP contribution in [0.4, 0.5) is 5.69 Å². The summed E-state index contributed by atoms with van der Waals surface area (Å²) in [7, 11) is 2.00. The summed E-state index contributed by atoms with van der Waals surface area (Å²) in [6, 6.07) is 8.18. The molecule has 0 saturated carbocycles. The van der Waals surface area contributed by atoms with Crippen LogP contribution in [0.25, 0.3) is 0 Å². The number of benzene rings is 1.